The van der Waals surface area contributed by atoms with E-state index in [1.807, 2.05) is 43.3 Å². The summed E-state index contributed by atoms with van der Waals surface area (Å²) in [6.45, 7) is 4.70. The van der Waals surface area contributed by atoms with Gasteiger partial charge in [0.05, 0.1) is 11.5 Å². The number of sulfone groups is 1. The molecule has 0 aliphatic carbocycles. The first-order valence-corrected chi connectivity index (χ1v) is 12.2. The van der Waals surface area contributed by atoms with Gasteiger partial charge in [-0.2, -0.15) is 0 Å². The molecule has 2 rings (SSSR count). The van der Waals surface area contributed by atoms with Gasteiger partial charge >= 0.3 is 0 Å². The Morgan fingerprint density at radius 2 is 1.62 bits per heavy atom. The highest BCUT2D eigenvalue weighted by Gasteiger charge is 2.11. The number of hydrogen-bond donors (Lipinski definition) is 2. The van der Waals surface area contributed by atoms with Gasteiger partial charge in [0.1, 0.15) is 5.75 Å². The molecule has 0 spiro atoms. The predicted molar refractivity (Wildman–Crippen MR) is 142 cm³/mol. The number of aryl methyl sites for hydroxylation is 1. The quantitative estimate of drug-likeness (QED) is 0.196. The van der Waals surface area contributed by atoms with Crippen LogP contribution < -0.4 is 15.4 Å². The fourth-order valence-corrected chi connectivity index (χ4v) is 4.06. The molecule has 0 fully saturated rings. The highest BCUT2D eigenvalue weighted by molar-refractivity contribution is 14.0. The summed E-state index contributed by atoms with van der Waals surface area (Å²) in [6, 6.07) is 13.4. The lowest BCUT2D eigenvalue weighted by molar-refractivity contribution is 0.281. The van der Waals surface area contributed by atoms with Crippen molar-refractivity contribution < 1.29 is 13.2 Å². The molecule has 0 unspecified atom stereocenters. The maximum absolute atomic E-state index is 11.8. The van der Waals surface area contributed by atoms with Gasteiger partial charge in [0.15, 0.2) is 15.8 Å². The Kier molecular flexibility index (Phi) is 12.0. The maximum Gasteiger partial charge on any atom is 0.191 e. The summed E-state index contributed by atoms with van der Waals surface area (Å²) >= 11 is 0. The van der Waals surface area contributed by atoms with Crippen molar-refractivity contribution in [1.29, 1.82) is 0 Å². The lowest BCUT2D eigenvalue weighted by atomic mass is 10.1. The molecular formula is C23H35IN4O3S. The monoisotopic (exact) mass is 574 g/mol. The van der Waals surface area contributed by atoms with Gasteiger partial charge < -0.3 is 20.3 Å². The minimum Gasteiger partial charge on any atom is -0.494 e. The van der Waals surface area contributed by atoms with Gasteiger partial charge in [0.25, 0.3) is 0 Å². The van der Waals surface area contributed by atoms with Crippen LogP contribution in [0.2, 0.25) is 0 Å². The van der Waals surface area contributed by atoms with Crippen LogP contribution in [-0.2, 0) is 22.9 Å². The third-order valence-corrected chi connectivity index (χ3v) is 5.98. The van der Waals surface area contributed by atoms with Gasteiger partial charge in [-0.25, -0.2) is 8.42 Å². The molecule has 0 amide bonds. The van der Waals surface area contributed by atoms with E-state index in [-0.39, 0.29) is 24.0 Å². The van der Waals surface area contributed by atoms with Crippen LogP contribution in [0.5, 0.6) is 5.75 Å². The highest BCUT2D eigenvalue weighted by Crippen LogP contribution is 2.16. The van der Waals surface area contributed by atoms with Crippen molar-refractivity contribution in [3.8, 4) is 5.75 Å². The zero-order valence-electron chi connectivity index (χ0n) is 19.5. The van der Waals surface area contributed by atoms with E-state index < -0.39 is 9.84 Å². The van der Waals surface area contributed by atoms with Crippen molar-refractivity contribution in [2.45, 2.75) is 31.3 Å². The van der Waals surface area contributed by atoms with Crippen LogP contribution in [0, 0.1) is 6.92 Å². The molecule has 2 aromatic carbocycles. The van der Waals surface area contributed by atoms with E-state index in [4.69, 9.17) is 4.74 Å². The maximum atomic E-state index is 11.8. The number of rotatable bonds is 10. The molecule has 0 saturated heterocycles. The number of nitrogens with one attached hydrogen (secondary N) is 2. The summed E-state index contributed by atoms with van der Waals surface area (Å²) < 4.78 is 29.3. The van der Waals surface area contributed by atoms with Crippen LogP contribution in [0.1, 0.15) is 23.1 Å². The van der Waals surface area contributed by atoms with E-state index in [9.17, 15) is 8.42 Å². The van der Waals surface area contributed by atoms with Gasteiger partial charge in [-0.3, -0.25) is 4.99 Å². The summed E-state index contributed by atoms with van der Waals surface area (Å²) in [7, 11) is 2.63. The third-order valence-electron chi connectivity index (χ3n) is 4.72. The van der Waals surface area contributed by atoms with Crippen molar-refractivity contribution in [2.75, 3.05) is 40.6 Å². The van der Waals surface area contributed by atoms with E-state index in [1.165, 1.54) is 6.26 Å². The first-order chi connectivity index (χ1) is 14.7. The molecule has 0 radical (unpaired) electrons. The van der Waals surface area contributed by atoms with Gasteiger partial charge in [-0.1, -0.05) is 24.3 Å². The molecule has 7 nitrogen and oxygen atoms in total. The number of aliphatic imine (C=N–C) groups is 1. The number of guanidine groups is 1. The van der Waals surface area contributed by atoms with E-state index >= 15 is 0 Å². The third kappa shape index (κ3) is 9.74. The Hall–Kier alpha value is -1.85. The summed E-state index contributed by atoms with van der Waals surface area (Å²) in [6.07, 6.45) is 2.22. The minimum absolute atomic E-state index is 0. The molecule has 0 aromatic heterocycles. The average molecular weight is 575 g/mol. The lowest BCUT2D eigenvalue weighted by Crippen LogP contribution is -2.36. The Balaban J connectivity index is 0.00000512. The van der Waals surface area contributed by atoms with Crippen LogP contribution in [-0.4, -0.2) is 59.8 Å². The Bertz CT molecular complexity index is 977. The van der Waals surface area contributed by atoms with Gasteiger partial charge in [-0.15, -0.1) is 24.0 Å². The molecule has 32 heavy (non-hydrogen) atoms. The van der Waals surface area contributed by atoms with Crippen molar-refractivity contribution in [2.24, 2.45) is 4.99 Å². The summed E-state index contributed by atoms with van der Waals surface area (Å²) in [5, 5.41) is 6.54. The van der Waals surface area contributed by atoms with E-state index in [0.717, 1.165) is 35.4 Å². The second-order valence-electron chi connectivity index (χ2n) is 7.80. The molecule has 0 atom stereocenters. The van der Waals surface area contributed by atoms with Crippen LogP contribution in [0.4, 0.5) is 0 Å². The van der Waals surface area contributed by atoms with E-state index in [2.05, 4.69) is 34.6 Å². The largest absolute Gasteiger partial charge is 0.494 e. The zero-order valence-corrected chi connectivity index (χ0v) is 22.7. The van der Waals surface area contributed by atoms with Crippen LogP contribution in [0.15, 0.2) is 52.4 Å². The summed E-state index contributed by atoms with van der Waals surface area (Å²) in [5.74, 6) is 1.55. The average Bonchev–Trinajstić information content (AvgIpc) is 2.71. The van der Waals surface area contributed by atoms with Crippen molar-refractivity contribution in [3.63, 3.8) is 0 Å². The molecule has 0 aliphatic heterocycles. The topological polar surface area (TPSA) is 83.0 Å². The number of nitrogens with zero attached hydrogens (tertiary/aromatic N) is 2. The fourth-order valence-electron chi connectivity index (χ4n) is 3.10. The molecule has 2 aromatic rings. The standard InChI is InChI=1S/C23H34N4O3S.HI/c1-18-15-20(9-12-22(18)31(5,28)29)17-26-23(24-2)25-16-19-7-10-21(11-8-19)30-14-6-13-27(3)4;/h7-12,15H,6,13-14,16-17H2,1-5H3,(H2,24,25,26);1H. The molecule has 0 saturated carbocycles. The van der Waals surface area contributed by atoms with Crippen molar-refractivity contribution >= 4 is 39.8 Å². The molecular weight excluding hydrogens is 539 g/mol. The summed E-state index contributed by atoms with van der Waals surface area (Å²) in [4.78, 5) is 6.76. The van der Waals surface area contributed by atoms with Gasteiger partial charge in [-0.05, 0) is 62.3 Å². The van der Waals surface area contributed by atoms with Gasteiger partial charge in [0, 0.05) is 32.9 Å². The van der Waals surface area contributed by atoms with Crippen LogP contribution in [0.3, 0.4) is 0 Å². The van der Waals surface area contributed by atoms with Crippen molar-refractivity contribution in [3.05, 3.63) is 59.2 Å². The Labute approximate surface area is 209 Å². The molecule has 0 heterocycles. The molecule has 0 aliphatic rings. The Morgan fingerprint density at radius 3 is 2.16 bits per heavy atom. The van der Waals surface area contributed by atoms with Crippen molar-refractivity contribution in [1.82, 2.24) is 15.5 Å². The first-order valence-electron chi connectivity index (χ1n) is 10.3. The number of halogens is 1. The number of ether oxygens (including phenoxy) is 1. The molecule has 0 bridgehead atoms. The SMILES string of the molecule is CN=C(NCc1ccc(OCCCN(C)C)cc1)NCc1ccc(S(C)(=O)=O)c(C)c1.I. The molecule has 178 valence electrons. The van der Waals surface area contributed by atoms with E-state index in [0.29, 0.717) is 30.6 Å². The number of hydrogen-bond acceptors (Lipinski definition) is 5. The highest BCUT2D eigenvalue weighted by atomic mass is 127. The van der Waals surface area contributed by atoms with Crippen LogP contribution >= 0.6 is 24.0 Å². The number of benzene rings is 2. The van der Waals surface area contributed by atoms with Crippen LogP contribution in [0.25, 0.3) is 0 Å². The normalized spacial score (nSPS) is 11.8. The Morgan fingerprint density at radius 1 is 1.03 bits per heavy atom. The smallest absolute Gasteiger partial charge is 0.191 e. The zero-order chi connectivity index (χ0) is 22.9. The molecule has 2 N–H and O–H groups in total. The fraction of sp³-hybridized carbons (Fsp3) is 0.435. The van der Waals surface area contributed by atoms with E-state index in [1.54, 1.807) is 13.1 Å². The lowest BCUT2D eigenvalue weighted by Gasteiger charge is -2.14. The second-order valence-corrected chi connectivity index (χ2v) is 9.78. The predicted octanol–water partition coefficient (Wildman–Crippen LogP) is 3.21. The summed E-state index contributed by atoms with van der Waals surface area (Å²) in [5.41, 5.74) is 2.86. The first kappa shape index (κ1) is 28.2. The second kappa shape index (κ2) is 13.6. The molecule has 9 heteroatoms. The minimum atomic E-state index is -3.21. The van der Waals surface area contributed by atoms with Gasteiger partial charge in [0.2, 0.25) is 0 Å².